The lowest BCUT2D eigenvalue weighted by Crippen LogP contribution is -2.24. The second kappa shape index (κ2) is 8.92. The molecule has 1 aliphatic carbocycles. The lowest BCUT2D eigenvalue weighted by atomic mass is 9.97. The Labute approximate surface area is 201 Å². The molecule has 4 aromatic rings. The molecule has 4 nitrogen and oxygen atoms in total. The molecule has 5 rings (SSSR count). The minimum atomic E-state index is -0.372. The van der Waals surface area contributed by atoms with Crippen LogP contribution in [0, 0.1) is 13.8 Å². The van der Waals surface area contributed by atoms with Crippen LogP contribution in [0.5, 0.6) is 0 Å². The van der Waals surface area contributed by atoms with Crippen molar-refractivity contribution in [2.45, 2.75) is 56.9 Å². The fraction of sp³-hybridized carbons (Fsp3) is 0.296. The van der Waals surface area contributed by atoms with Gasteiger partial charge in [0.2, 0.25) is 0 Å². The van der Waals surface area contributed by atoms with E-state index in [2.05, 4.69) is 6.07 Å². The van der Waals surface area contributed by atoms with Crippen LogP contribution in [0.25, 0.3) is 15.9 Å². The number of carbonyl (C=O) groups is 1. The number of Topliss-reactive ketones (excluding diaryl/α,β-unsaturated/α-hetero) is 1. The quantitative estimate of drug-likeness (QED) is 0.193. The average Bonchev–Trinajstić information content (AvgIpc) is 3.19. The number of hydrogen-bond acceptors (Lipinski definition) is 5. The number of aryl methyl sites for hydroxylation is 4. The summed E-state index contributed by atoms with van der Waals surface area (Å²) in [5.74, 6) is 0.0351. The number of carbonyl (C=O) groups excluding carboxylic acids is 1. The topological polar surface area (TPSA) is 52.0 Å². The van der Waals surface area contributed by atoms with E-state index in [1.165, 1.54) is 22.2 Å². The predicted octanol–water partition coefficient (Wildman–Crippen LogP) is 6.31. The van der Waals surface area contributed by atoms with E-state index in [0.29, 0.717) is 10.7 Å². The Hall–Kier alpha value is -2.70. The number of rotatable bonds is 5. The number of fused-ring (bicyclic) bond motifs is 3. The van der Waals surface area contributed by atoms with Gasteiger partial charge in [0.1, 0.15) is 4.83 Å². The van der Waals surface area contributed by atoms with Gasteiger partial charge in [-0.2, -0.15) is 0 Å². The molecule has 1 aliphatic rings. The van der Waals surface area contributed by atoms with Crippen molar-refractivity contribution in [2.75, 3.05) is 0 Å². The van der Waals surface area contributed by atoms with Gasteiger partial charge in [0.25, 0.3) is 5.56 Å². The predicted molar refractivity (Wildman–Crippen MR) is 137 cm³/mol. The maximum atomic E-state index is 14.0. The second-order valence-electron chi connectivity index (χ2n) is 8.71. The SMILES string of the molecule is Cc1ccc(C)c(-n2c(SC(C)C(=O)c3ccccc3)nc3sc4c(c3c2=O)CCCC4)c1. The number of benzene rings is 2. The van der Waals surface area contributed by atoms with Crippen molar-refractivity contribution in [3.05, 3.63) is 86.0 Å². The number of nitrogens with zero attached hydrogens (tertiary/aromatic N) is 2. The number of hydrogen-bond donors (Lipinski definition) is 0. The van der Waals surface area contributed by atoms with E-state index >= 15 is 0 Å². The van der Waals surface area contributed by atoms with Crippen LogP contribution in [0.2, 0.25) is 0 Å². The second-order valence-corrected chi connectivity index (χ2v) is 11.1. The molecule has 0 spiro atoms. The molecule has 2 heterocycles. The minimum absolute atomic E-state index is 0.0186. The van der Waals surface area contributed by atoms with Crippen LogP contribution in [-0.2, 0) is 12.8 Å². The first-order chi connectivity index (χ1) is 15.9. The molecule has 1 unspecified atom stereocenters. The van der Waals surface area contributed by atoms with Crippen molar-refractivity contribution in [3.63, 3.8) is 0 Å². The van der Waals surface area contributed by atoms with E-state index in [1.54, 1.807) is 15.9 Å². The Morgan fingerprint density at radius 2 is 1.85 bits per heavy atom. The summed E-state index contributed by atoms with van der Waals surface area (Å²) >= 11 is 3.01. The van der Waals surface area contributed by atoms with Crippen molar-refractivity contribution in [3.8, 4) is 5.69 Å². The van der Waals surface area contributed by atoms with Crippen LogP contribution in [0.4, 0.5) is 0 Å². The van der Waals surface area contributed by atoms with E-state index in [4.69, 9.17) is 4.98 Å². The van der Waals surface area contributed by atoms with Crippen LogP contribution < -0.4 is 5.56 Å². The standard InChI is InChI=1S/C27H26N2O2S2/c1-16-13-14-17(2)21(15-16)29-26(31)23-20-11-7-8-12-22(20)33-25(23)28-27(29)32-18(3)24(30)19-9-5-4-6-10-19/h4-6,9-10,13-15,18H,7-8,11-12H2,1-3H3. The Balaban J connectivity index is 1.69. The Morgan fingerprint density at radius 3 is 2.64 bits per heavy atom. The average molecular weight is 475 g/mol. The Kier molecular flexibility index (Phi) is 5.97. The monoisotopic (exact) mass is 474 g/mol. The Bertz CT molecular complexity index is 1420. The molecule has 6 heteroatoms. The van der Waals surface area contributed by atoms with E-state index in [0.717, 1.165) is 52.7 Å². The van der Waals surface area contributed by atoms with Gasteiger partial charge < -0.3 is 0 Å². The number of ketones is 1. The minimum Gasteiger partial charge on any atom is -0.293 e. The summed E-state index contributed by atoms with van der Waals surface area (Å²) in [4.78, 5) is 34.2. The molecule has 0 fully saturated rings. The molecule has 0 N–H and O–H groups in total. The molecule has 2 aromatic heterocycles. The zero-order valence-electron chi connectivity index (χ0n) is 19.1. The highest BCUT2D eigenvalue weighted by Crippen LogP contribution is 2.36. The summed E-state index contributed by atoms with van der Waals surface area (Å²) in [7, 11) is 0. The maximum absolute atomic E-state index is 14.0. The van der Waals surface area contributed by atoms with E-state index in [9.17, 15) is 9.59 Å². The highest BCUT2D eigenvalue weighted by molar-refractivity contribution is 8.00. The third kappa shape index (κ3) is 4.06. The zero-order valence-corrected chi connectivity index (χ0v) is 20.7. The molecule has 168 valence electrons. The summed E-state index contributed by atoms with van der Waals surface area (Å²) in [6, 6.07) is 15.4. The van der Waals surface area contributed by atoms with Gasteiger partial charge >= 0.3 is 0 Å². The van der Waals surface area contributed by atoms with Crippen molar-refractivity contribution in [2.24, 2.45) is 0 Å². The van der Waals surface area contributed by atoms with Crippen molar-refractivity contribution < 1.29 is 4.79 Å². The van der Waals surface area contributed by atoms with Gasteiger partial charge in [-0.25, -0.2) is 4.98 Å². The molecule has 2 aromatic carbocycles. The van der Waals surface area contributed by atoms with Crippen LogP contribution >= 0.6 is 23.1 Å². The maximum Gasteiger partial charge on any atom is 0.267 e. The largest absolute Gasteiger partial charge is 0.293 e. The van der Waals surface area contributed by atoms with E-state index in [-0.39, 0.29) is 16.6 Å². The molecule has 0 saturated carbocycles. The van der Waals surface area contributed by atoms with Crippen molar-refractivity contribution in [1.82, 2.24) is 9.55 Å². The summed E-state index contributed by atoms with van der Waals surface area (Å²) in [5.41, 5.74) is 4.77. The van der Waals surface area contributed by atoms with Crippen molar-refractivity contribution in [1.29, 1.82) is 0 Å². The number of aromatic nitrogens is 2. The molecule has 1 atom stereocenters. The van der Waals surface area contributed by atoms with Crippen molar-refractivity contribution >= 4 is 39.1 Å². The third-order valence-corrected chi connectivity index (χ3v) is 8.51. The third-order valence-electron chi connectivity index (χ3n) is 6.27. The molecule has 0 aliphatic heterocycles. The number of thioether (sulfide) groups is 1. The highest BCUT2D eigenvalue weighted by atomic mass is 32.2. The normalized spacial score (nSPS) is 14.3. The lowest BCUT2D eigenvalue weighted by Gasteiger charge is -2.18. The molecular weight excluding hydrogens is 448 g/mol. The first-order valence-corrected chi connectivity index (χ1v) is 13.0. The van der Waals surface area contributed by atoms with Gasteiger partial charge in [-0.05, 0) is 69.2 Å². The van der Waals surface area contributed by atoms with Gasteiger partial charge in [0, 0.05) is 10.4 Å². The van der Waals surface area contributed by atoms with Gasteiger partial charge in [-0.3, -0.25) is 14.2 Å². The first-order valence-electron chi connectivity index (χ1n) is 11.3. The first kappa shape index (κ1) is 22.1. The molecular formula is C27H26N2O2S2. The van der Waals surface area contributed by atoms with Gasteiger partial charge in [-0.15, -0.1) is 11.3 Å². The molecule has 0 saturated heterocycles. The van der Waals surface area contributed by atoms with Gasteiger partial charge in [0.15, 0.2) is 10.9 Å². The summed E-state index contributed by atoms with van der Waals surface area (Å²) in [6.45, 7) is 5.94. The zero-order chi connectivity index (χ0) is 23.1. The van der Waals surface area contributed by atoms with Crippen LogP contribution in [0.1, 0.15) is 51.7 Å². The number of thiophene rings is 1. The smallest absolute Gasteiger partial charge is 0.267 e. The lowest BCUT2D eigenvalue weighted by molar-refractivity contribution is 0.0994. The molecule has 33 heavy (non-hydrogen) atoms. The fourth-order valence-corrected chi connectivity index (χ4v) is 6.79. The fourth-order valence-electron chi connectivity index (χ4n) is 4.49. The van der Waals surface area contributed by atoms with Gasteiger partial charge in [-0.1, -0.05) is 54.2 Å². The van der Waals surface area contributed by atoms with E-state index in [1.807, 2.05) is 63.2 Å². The van der Waals surface area contributed by atoms with Crippen LogP contribution in [-0.4, -0.2) is 20.6 Å². The molecule has 0 radical (unpaired) electrons. The van der Waals surface area contributed by atoms with E-state index < -0.39 is 0 Å². The molecule has 0 bridgehead atoms. The summed E-state index contributed by atoms with van der Waals surface area (Å²) < 4.78 is 1.74. The molecule has 0 amide bonds. The van der Waals surface area contributed by atoms with Gasteiger partial charge in [0.05, 0.1) is 16.3 Å². The van der Waals surface area contributed by atoms with Crippen LogP contribution in [0.3, 0.4) is 0 Å². The summed E-state index contributed by atoms with van der Waals surface area (Å²) in [6.07, 6.45) is 4.23. The Morgan fingerprint density at radius 1 is 1.09 bits per heavy atom. The summed E-state index contributed by atoms with van der Waals surface area (Å²) in [5, 5.41) is 0.973. The van der Waals surface area contributed by atoms with Crippen LogP contribution in [0.15, 0.2) is 58.5 Å². The highest BCUT2D eigenvalue weighted by Gasteiger charge is 2.26.